The summed E-state index contributed by atoms with van der Waals surface area (Å²) < 4.78 is 0. The topological polar surface area (TPSA) is 17.1 Å². The molecule has 1 fully saturated rings. The van der Waals surface area contributed by atoms with E-state index < -0.39 is 0 Å². The van der Waals surface area contributed by atoms with Crippen LogP contribution in [0.25, 0.3) is 0 Å². The number of halogens is 2. The van der Waals surface area contributed by atoms with Crippen LogP contribution in [0.15, 0.2) is 18.2 Å². The van der Waals surface area contributed by atoms with Crippen molar-refractivity contribution in [2.45, 2.75) is 39.5 Å². The zero-order chi connectivity index (χ0) is 14.0. The quantitative estimate of drug-likeness (QED) is 0.752. The lowest BCUT2D eigenvalue weighted by molar-refractivity contribution is -0.124. The number of hydrogen-bond donors (Lipinski definition) is 0. The molecule has 0 radical (unpaired) electrons. The van der Waals surface area contributed by atoms with Gasteiger partial charge < -0.3 is 0 Å². The minimum atomic E-state index is 0.216. The summed E-state index contributed by atoms with van der Waals surface area (Å²) in [4.78, 5) is 12.4. The molecule has 0 spiro atoms. The van der Waals surface area contributed by atoms with Crippen LogP contribution in [0.2, 0.25) is 10.0 Å². The van der Waals surface area contributed by atoms with Crippen molar-refractivity contribution >= 4 is 29.0 Å². The molecule has 0 aliphatic heterocycles. The van der Waals surface area contributed by atoms with Gasteiger partial charge in [0.2, 0.25) is 0 Å². The van der Waals surface area contributed by atoms with E-state index in [1.54, 1.807) is 12.1 Å². The summed E-state index contributed by atoms with van der Waals surface area (Å²) in [6.07, 6.45) is 3.78. The van der Waals surface area contributed by atoms with Crippen molar-refractivity contribution in [1.82, 2.24) is 0 Å². The predicted molar refractivity (Wildman–Crippen MR) is 80.8 cm³/mol. The van der Waals surface area contributed by atoms with Crippen LogP contribution in [0.4, 0.5) is 0 Å². The molecule has 2 rings (SSSR count). The molecule has 2 unspecified atom stereocenters. The number of Topliss-reactive ketones (excluding diaryl/α,β-unsaturated/α-hetero) is 1. The van der Waals surface area contributed by atoms with Gasteiger partial charge in [-0.1, -0.05) is 43.1 Å². The van der Waals surface area contributed by atoms with Gasteiger partial charge in [-0.3, -0.25) is 4.79 Å². The molecular formula is C16H20Cl2O. The van der Waals surface area contributed by atoms with Crippen LogP contribution in [0, 0.1) is 17.8 Å². The van der Waals surface area contributed by atoms with Crippen molar-refractivity contribution in [3.8, 4) is 0 Å². The fraction of sp³-hybridized carbons (Fsp3) is 0.562. The Bertz CT molecular complexity index is 460. The van der Waals surface area contributed by atoms with E-state index >= 15 is 0 Å². The summed E-state index contributed by atoms with van der Waals surface area (Å²) in [6, 6.07) is 5.46. The zero-order valence-electron chi connectivity index (χ0n) is 11.5. The van der Waals surface area contributed by atoms with Crippen LogP contribution in [0.1, 0.15) is 38.7 Å². The van der Waals surface area contributed by atoms with Crippen LogP contribution in [-0.2, 0) is 11.2 Å². The maximum atomic E-state index is 12.4. The first-order valence-corrected chi connectivity index (χ1v) is 7.68. The van der Waals surface area contributed by atoms with E-state index in [-0.39, 0.29) is 5.92 Å². The molecule has 1 aliphatic carbocycles. The van der Waals surface area contributed by atoms with Gasteiger partial charge >= 0.3 is 0 Å². The normalized spacial score (nSPS) is 27.3. The van der Waals surface area contributed by atoms with Crippen molar-refractivity contribution in [2.75, 3.05) is 0 Å². The molecule has 1 nitrogen and oxygen atoms in total. The smallest absolute Gasteiger partial charge is 0.140 e. The number of carbonyl (C=O) groups excluding carboxylic acids is 1. The molecule has 0 aromatic heterocycles. The fourth-order valence-corrected chi connectivity index (χ4v) is 3.53. The van der Waals surface area contributed by atoms with Gasteiger partial charge in [0.15, 0.2) is 0 Å². The molecule has 0 bridgehead atoms. The molecule has 104 valence electrons. The summed E-state index contributed by atoms with van der Waals surface area (Å²) >= 11 is 11.9. The highest BCUT2D eigenvalue weighted by atomic mass is 35.5. The van der Waals surface area contributed by atoms with Gasteiger partial charge in [0.1, 0.15) is 5.78 Å². The third-order valence-electron chi connectivity index (χ3n) is 4.00. The van der Waals surface area contributed by atoms with Gasteiger partial charge in [-0.05, 0) is 48.8 Å². The summed E-state index contributed by atoms with van der Waals surface area (Å²) in [5.74, 6) is 1.88. The largest absolute Gasteiger partial charge is 0.299 e. The second-order valence-electron chi connectivity index (χ2n) is 6.01. The van der Waals surface area contributed by atoms with Crippen LogP contribution in [0.3, 0.4) is 0 Å². The first-order chi connectivity index (χ1) is 8.95. The lowest BCUT2D eigenvalue weighted by Crippen LogP contribution is -2.27. The lowest BCUT2D eigenvalue weighted by atomic mass is 9.74. The van der Waals surface area contributed by atoms with Gasteiger partial charge in [0.05, 0.1) is 10.0 Å². The highest BCUT2D eigenvalue weighted by Crippen LogP contribution is 2.34. The Balaban J connectivity index is 2.02. The molecule has 1 aromatic carbocycles. The molecule has 1 aliphatic rings. The molecule has 2 atom stereocenters. The Morgan fingerprint density at radius 2 is 1.74 bits per heavy atom. The SMILES string of the molecule is CC1CC(C)CC(C(=O)Cc2ccc(Cl)c(Cl)c2)C1. The summed E-state index contributed by atoms with van der Waals surface area (Å²) in [7, 11) is 0. The van der Waals surface area contributed by atoms with E-state index in [1.807, 2.05) is 6.07 Å². The molecule has 0 saturated heterocycles. The van der Waals surface area contributed by atoms with E-state index in [4.69, 9.17) is 23.2 Å². The number of rotatable bonds is 3. The van der Waals surface area contributed by atoms with E-state index in [9.17, 15) is 4.79 Å². The molecule has 1 aromatic rings. The molecule has 0 N–H and O–H groups in total. The maximum Gasteiger partial charge on any atom is 0.140 e. The Labute approximate surface area is 125 Å². The van der Waals surface area contributed by atoms with E-state index in [0.717, 1.165) is 18.4 Å². The molecule has 19 heavy (non-hydrogen) atoms. The lowest BCUT2D eigenvalue weighted by Gasteiger charge is -2.30. The van der Waals surface area contributed by atoms with Gasteiger partial charge in [-0.2, -0.15) is 0 Å². The molecule has 0 amide bonds. The van der Waals surface area contributed by atoms with E-state index in [0.29, 0.717) is 34.1 Å². The van der Waals surface area contributed by atoms with Crippen molar-refractivity contribution in [3.63, 3.8) is 0 Å². The van der Waals surface area contributed by atoms with Crippen LogP contribution in [0.5, 0.6) is 0 Å². The number of ketones is 1. The minimum absolute atomic E-state index is 0.216. The first-order valence-electron chi connectivity index (χ1n) is 6.92. The average molecular weight is 299 g/mol. The summed E-state index contributed by atoms with van der Waals surface area (Å²) in [5.41, 5.74) is 0.963. The molecule has 3 heteroatoms. The standard InChI is InChI=1S/C16H20Cl2O/c1-10-5-11(2)7-13(6-10)16(19)9-12-3-4-14(17)15(18)8-12/h3-4,8,10-11,13H,5-7,9H2,1-2H3. The van der Waals surface area contributed by atoms with Gasteiger partial charge in [0, 0.05) is 12.3 Å². The van der Waals surface area contributed by atoms with Crippen molar-refractivity contribution in [1.29, 1.82) is 0 Å². The average Bonchev–Trinajstić information content (AvgIpc) is 2.32. The Kier molecular flexibility index (Phi) is 4.92. The molecule has 0 heterocycles. The number of benzene rings is 1. The van der Waals surface area contributed by atoms with Crippen LogP contribution < -0.4 is 0 Å². The summed E-state index contributed by atoms with van der Waals surface area (Å²) in [5, 5.41) is 1.06. The van der Waals surface area contributed by atoms with Crippen molar-refractivity contribution in [2.24, 2.45) is 17.8 Å². The van der Waals surface area contributed by atoms with Crippen LogP contribution >= 0.6 is 23.2 Å². The first kappa shape index (κ1) is 14.9. The monoisotopic (exact) mass is 298 g/mol. The maximum absolute atomic E-state index is 12.4. The highest BCUT2D eigenvalue weighted by molar-refractivity contribution is 6.42. The van der Waals surface area contributed by atoms with Gasteiger partial charge in [-0.25, -0.2) is 0 Å². The number of carbonyl (C=O) groups is 1. The van der Waals surface area contributed by atoms with Gasteiger partial charge in [-0.15, -0.1) is 0 Å². The predicted octanol–water partition coefficient (Wildman–Crippen LogP) is 5.18. The Hall–Kier alpha value is -0.530. The second kappa shape index (κ2) is 6.28. The van der Waals surface area contributed by atoms with Crippen molar-refractivity contribution < 1.29 is 4.79 Å². The second-order valence-corrected chi connectivity index (χ2v) is 6.82. The third-order valence-corrected chi connectivity index (χ3v) is 4.74. The fourth-order valence-electron chi connectivity index (χ4n) is 3.20. The van der Waals surface area contributed by atoms with E-state index in [1.165, 1.54) is 6.42 Å². The van der Waals surface area contributed by atoms with Crippen molar-refractivity contribution in [3.05, 3.63) is 33.8 Å². The summed E-state index contributed by atoms with van der Waals surface area (Å²) in [6.45, 7) is 4.49. The third kappa shape index (κ3) is 3.97. The zero-order valence-corrected chi connectivity index (χ0v) is 13.0. The highest BCUT2D eigenvalue weighted by Gasteiger charge is 2.28. The van der Waals surface area contributed by atoms with Crippen LogP contribution in [-0.4, -0.2) is 5.78 Å². The Morgan fingerprint density at radius 3 is 2.32 bits per heavy atom. The van der Waals surface area contributed by atoms with E-state index in [2.05, 4.69) is 13.8 Å². The van der Waals surface area contributed by atoms with Gasteiger partial charge in [0.25, 0.3) is 0 Å². The molecular weight excluding hydrogens is 279 g/mol. The molecule has 1 saturated carbocycles. The Morgan fingerprint density at radius 1 is 1.11 bits per heavy atom. The minimum Gasteiger partial charge on any atom is -0.299 e. The number of hydrogen-bond acceptors (Lipinski definition) is 1.